The van der Waals surface area contributed by atoms with Gasteiger partial charge >= 0.3 is 0 Å². The van der Waals surface area contributed by atoms with Crippen LogP contribution in [0.5, 0.6) is 0 Å². The molecule has 1 unspecified atom stereocenters. The molecule has 1 aromatic heterocycles. The fraction of sp³-hybridized carbons (Fsp3) is 0.444. The molecule has 4 nitrogen and oxygen atoms in total. The van der Waals surface area contributed by atoms with Crippen LogP contribution in [0.15, 0.2) is 0 Å². The number of hydrogen-bond donors (Lipinski definition) is 0. The van der Waals surface area contributed by atoms with Crippen molar-refractivity contribution in [2.75, 3.05) is 11.4 Å². The summed E-state index contributed by atoms with van der Waals surface area (Å²) in [6, 6.07) is 0. The number of alkyl halides is 1. The van der Waals surface area contributed by atoms with Crippen molar-refractivity contribution in [3.8, 4) is 0 Å². The second kappa shape index (κ2) is 4.35. The minimum absolute atomic E-state index is 0.0697. The average Bonchev–Trinajstić information content (AvgIpc) is 2.43. The minimum atomic E-state index is -0.196. The molecule has 0 saturated carbocycles. The highest BCUT2D eigenvalue weighted by molar-refractivity contribution is 6.34. The smallest absolute Gasteiger partial charge is 0.228 e. The quantitative estimate of drug-likeness (QED) is 0.451. The van der Waals surface area contributed by atoms with Gasteiger partial charge < -0.3 is 4.90 Å². The lowest BCUT2D eigenvalue weighted by Gasteiger charge is -2.18. The van der Waals surface area contributed by atoms with Crippen LogP contribution in [-0.4, -0.2) is 27.8 Å². The molecule has 1 amide bonds. The molecule has 0 bridgehead atoms. The highest BCUT2D eigenvalue weighted by Gasteiger charge is 2.32. The Labute approximate surface area is 108 Å². The molecular formula is C9H8Cl3N3O. The molecule has 0 aliphatic carbocycles. The Morgan fingerprint density at radius 1 is 1.38 bits per heavy atom. The van der Waals surface area contributed by atoms with Crippen molar-refractivity contribution in [1.29, 1.82) is 0 Å². The number of aryl methyl sites for hydroxylation is 1. The van der Waals surface area contributed by atoms with Gasteiger partial charge in [0, 0.05) is 13.0 Å². The van der Waals surface area contributed by atoms with Crippen LogP contribution in [0, 0.1) is 6.92 Å². The number of rotatable bonds is 1. The predicted molar refractivity (Wildman–Crippen MR) is 63.4 cm³/mol. The Balaban J connectivity index is 2.44. The van der Waals surface area contributed by atoms with E-state index in [-0.39, 0.29) is 21.7 Å². The zero-order valence-electron chi connectivity index (χ0n) is 8.38. The van der Waals surface area contributed by atoms with Gasteiger partial charge in [-0.2, -0.15) is 0 Å². The summed E-state index contributed by atoms with van der Waals surface area (Å²) < 4.78 is 0. The summed E-state index contributed by atoms with van der Waals surface area (Å²) in [6.07, 6.45) is 0.306. The Hall–Kier alpha value is -0.580. The number of anilines is 1. The van der Waals surface area contributed by atoms with Crippen molar-refractivity contribution in [2.45, 2.75) is 18.7 Å². The van der Waals surface area contributed by atoms with E-state index in [4.69, 9.17) is 34.8 Å². The molecular weight excluding hydrogens is 272 g/mol. The van der Waals surface area contributed by atoms with E-state index in [2.05, 4.69) is 9.97 Å². The van der Waals surface area contributed by atoms with E-state index in [0.29, 0.717) is 24.3 Å². The third kappa shape index (κ3) is 2.10. The van der Waals surface area contributed by atoms with Gasteiger partial charge in [-0.1, -0.05) is 11.6 Å². The normalized spacial score (nSPS) is 20.6. The van der Waals surface area contributed by atoms with Gasteiger partial charge in [0.05, 0.1) is 11.1 Å². The first-order valence-corrected chi connectivity index (χ1v) is 5.82. The van der Waals surface area contributed by atoms with Gasteiger partial charge in [-0.3, -0.25) is 4.79 Å². The van der Waals surface area contributed by atoms with E-state index in [1.54, 1.807) is 6.92 Å². The van der Waals surface area contributed by atoms with Crippen LogP contribution in [0.25, 0.3) is 0 Å². The first-order valence-electron chi connectivity index (χ1n) is 4.63. The number of halogens is 3. The Morgan fingerprint density at radius 3 is 2.56 bits per heavy atom. The molecule has 0 aromatic carbocycles. The van der Waals surface area contributed by atoms with E-state index in [1.807, 2.05) is 0 Å². The average molecular weight is 281 g/mol. The van der Waals surface area contributed by atoms with Gasteiger partial charge in [0.25, 0.3) is 0 Å². The van der Waals surface area contributed by atoms with Crippen molar-refractivity contribution in [2.24, 2.45) is 0 Å². The first kappa shape index (κ1) is 11.9. The van der Waals surface area contributed by atoms with E-state index in [9.17, 15) is 4.79 Å². The highest BCUT2D eigenvalue weighted by Crippen LogP contribution is 2.32. The van der Waals surface area contributed by atoms with Crippen LogP contribution < -0.4 is 4.90 Å². The summed E-state index contributed by atoms with van der Waals surface area (Å²) in [5.41, 5.74) is 1.07. The maximum Gasteiger partial charge on any atom is 0.228 e. The van der Waals surface area contributed by atoms with Crippen LogP contribution in [0.3, 0.4) is 0 Å². The van der Waals surface area contributed by atoms with Crippen LogP contribution in [0.1, 0.15) is 12.1 Å². The zero-order chi connectivity index (χ0) is 11.9. The van der Waals surface area contributed by atoms with Crippen molar-refractivity contribution < 1.29 is 4.79 Å². The number of carbonyl (C=O) groups is 1. The molecule has 2 heterocycles. The molecule has 16 heavy (non-hydrogen) atoms. The Morgan fingerprint density at radius 2 is 2.06 bits per heavy atom. The van der Waals surface area contributed by atoms with Crippen LogP contribution in [0.2, 0.25) is 10.4 Å². The maximum absolute atomic E-state index is 11.7. The lowest BCUT2D eigenvalue weighted by Crippen LogP contribution is -2.26. The molecule has 1 aliphatic heterocycles. The second-order valence-electron chi connectivity index (χ2n) is 3.52. The van der Waals surface area contributed by atoms with Crippen LogP contribution in [0.4, 0.5) is 5.69 Å². The number of aromatic nitrogens is 2. The van der Waals surface area contributed by atoms with E-state index < -0.39 is 0 Å². The lowest BCUT2D eigenvalue weighted by atomic mass is 10.3. The van der Waals surface area contributed by atoms with Gasteiger partial charge in [-0.15, -0.1) is 11.6 Å². The van der Waals surface area contributed by atoms with Gasteiger partial charge in [0.15, 0.2) is 5.15 Å². The second-order valence-corrected chi connectivity index (χ2v) is 4.84. The van der Waals surface area contributed by atoms with Crippen molar-refractivity contribution >= 4 is 46.4 Å². The largest absolute Gasteiger partial charge is 0.306 e. The summed E-state index contributed by atoms with van der Waals surface area (Å²) in [5, 5.41) is 0.0515. The molecule has 0 spiro atoms. The SMILES string of the molecule is Cc1nc(Cl)nc(Cl)c1N1CC(Cl)CC1=O. The van der Waals surface area contributed by atoms with Crippen molar-refractivity contribution in [3.63, 3.8) is 0 Å². The van der Waals surface area contributed by atoms with E-state index in [0.717, 1.165) is 0 Å². The van der Waals surface area contributed by atoms with Gasteiger partial charge in [-0.05, 0) is 18.5 Å². The van der Waals surface area contributed by atoms with Crippen molar-refractivity contribution in [3.05, 3.63) is 16.1 Å². The molecule has 1 aliphatic rings. The highest BCUT2D eigenvalue weighted by atomic mass is 35.5. The summed E-state index contributed by atoms with van der Waals surface area (Å²) in [6.45, 7) is 2.15. The van der Waals surface area contributed by atoms with Crippen LogP contribution >= 0.6 is 34.8 Å². The summed E-state index contributed by atoms with van der Waals surface area (Å²) in [5.74, 6) is -0.0732. The van der Waals surface area contributed by atoms with Gasteiger partial charge in [0.2, 0.25) is 11.2 Å². The Kier molecular flexibility index (Phi) is 3.24. The molecule has 1 atom stereocenters. The van der Waals surface area contributed by atoms with Crippen LogP contribution in [-0.2, 0) is 4.79 Å². The Bertz CT molecular complexity index is 429. The molecule has 1 fully saturated rings. The topological polar surface area (TPSA) is 46.1 Å². The molecule has 2 rings (SSSR count). The van der Waals surface area contributed by atoms with Gasteiger partial charge in [0.1, 0.15) is 5.69 Å². The number of nitrogens with zero attached hydrogens (tertiary/aromatic N) is 3. The standard InChI is InChI=1S/C9H8Cl3N3O/c1-4-7(8(11)14-9(12)13-4)15-3-5(10)2-6(15)16/h5H,2-3H2,1H3. The number of amides is 1. The monoisotopic (exact) mass is 279 g/mol. The fourth-order valence-electron chi connectivity index (χ4n) is 1.69. The molecule has 0 radical (unpaired) electrons. The minimum Gasteiger partial charge on any atom is -0.306 e. The van der Waals surface area contributed by atoms with E-state index >= 15 is 0 Å². The summed E-state index contributed by atoms with van der Waals surface area (Å²) in [7, 11) is 0. The summed E-state index contributed by atoms with van der Waals surface area (Å²) in [4.78, 5) is 21.0. The van der Waals surface area contributed by atoms with Gasteiger partial charge in [-0.25, -0.2) is 9.97 Å². The van der Waals surface area contributed by atoms with E-state index in [1.165, 1.54) is 4.90 Å². The summed E-state index contributed by atoms with van der Waals surface area (Å²) >= 11 is 17.5. The maximum atomic E-state index is 11.7. The molecule has 86 valence electrons. The number of hydrogen-bond acceptors (Lipinski definition) is 3. The third-order valence-corrected chi connectivity index (χ3v) is 3.06. The number of carbonyl (C=O) groups excluding carboxylic acids is 1. The zero-order valence-corrected chi connectivity index (χ0v) is 10.6. The fourth-order valence-corrected chi connectivity index (χ4v) is 2.53. The third-order valence-electron chi connectivity index (χ3n) is 2.34. The molecule has 0 N–H and O–H groups in total. The molecule has 1 saturated heterocycles. The molecule has 7 heteroatoms. The van der Waals surface area contributed by atoms with Crippen molar-refractivity contribution in [1.82, 2.24) is 9.97 Å². The lowest BCUT2D eigenvalue weighted by molar-refractivity contribution is -0.117. The predicted octanol–water partition coefficient (Wildman–Crippen LogP) is 2.44. The first-order chi connectivity index (χ1) is 7.49. The molecule has 1 aromatic rings.